The Balaban J connectivity index is 1.69. The lowest BCUT2D eigenvalue weighted by molar-refractivity contribution is -0.151. The Bertz CT molecular complexity index is 921. The molecule has 10 nitrogen and oxygen atoms in total. The van der Waals surface area contributed by atoms with E-state index in [-0.39, 0.29) is 19.8 Å². The first kappa shape index (κ1) is 25.3. The van der Waals surface area contributed by atoms with Crippen LogP contribution in [0.5, 0.6) is 0 Å². The van der Waals surface area contributed by atoms with Crippen LogP contribution in [0.4, 0.5) is 4.79 Å². The number of carboxylic acid groups (broad SMARTS) is 1. The first-order valence-electron chi connectivity index (χ1n) is 10.2. The van der Waals surface area contributed by atoms with Gasteiger partial charge in [-0.3, -0.25) is 9.59 Å². The van der Waals surface area contributed by atoms with Gasteiger partial charge in [0, 0.05) is 6.54 Å². The molecule has 0 bridgehead atoms. The van der Waals surface area contributed by atoms with E-state index in [4.69, 9.17) is 9.47 Å². The smallest absolute Gasteiger partial charge is 0.407 e. The molecule has 0 aliphatic carbocycles. The first-order valence-corrected chi connectivity index (χ1v) is 10.2. The summed E-state index contributed by atoms with van der Waals surface area (Å²) in [6.45, 7) is -0.257. The van der Waals surface area contributed by atoms with Gasteiger partial charge in [-0.2, -0.15) is 0 Å². The SMILES string of the molecule is O=C(C[C@H](O)CNC(=O)OCc1ccccc1)N[C@@H](CC(=O)OCc1ccccc1)C(=O)O. The number of benzene rings is 2. The van der Waals surface area contributed by atoms with Gasteiger partial charge in [-0.15, -0.1) is 0 Å². The molecule has 0 heterocycles. The summed E-state index contributed by atoms with van der Waals surface area (Å²) in [5.41, 5.74) is 1.52. The van der Waals surface area contributed by atoms with Crippen molar-refractivity contribution < 1.29 is 38.9 Å². The van der Waals surface area contributed by atoms with Gasteiger partial charge in [-0.1, -0.05) is 60.7 Å². The predicted molar refractivity (Wildman–Crippen MR) is 116 cm³/mol. The maximum absolute atomic E-state index is 12.1. The molecule has 0 saturated heterocycles. The molecule has 0 spiro atoms. The van der Waals surface area contributed by atoms with E-state index in [1.807, 2.05) is 6.07 Å². The summed E-state index contributed by atoms with van der Waals surface area (Å²) in [6.07, 6.45) is -3.12. The Labute approximate surface area is 190 Å². The Hall–Kier alpha value is -3.92. The van der Waals surface area contributed by atoms with E-state index in [2.05, 4.69) is 10.6 Å². The number of aliphatic hydroxyl groups is 1. The normalized spacial score (nSPS) is 12.2. The molecule has 2 aromatic carbocycles. The van der Waals surface area contributed by atoms with Crippen LogP contribution in [0.15, 0.2) is 60.7 Å². The largest absolute Gasteiger partial charge is 0.480 e. The van der Waals surface area contributed by atoms with Crippen LogP contribution in [0, 0.1) is 0 Å². The standard InChI is InChI=1S/C23H26N2O8/c26-18(13-24-23(31)33-15-17-9-5-2-6-10-17)11-20(27)25-19(22(29)30)12-21(28)32-14-16-7-3-1-4-8-16/h1-10,18-19,26H,11-15H2,(H,24,31)(H,25,27)(H,29,30)/t18-,19-/m0/s1. The molecule has 2 aromatic rings. The van der Waals surface area contributed by atoms with Crippen molar-refractivity contribution in [1.82, 2.24) is 10.6 Å². The molecule has 2 amide bonds. The van der Waals surface area contributed by atoms with E-state index < -0.39 is 48.9 Å². The summed E-state index contributed by atoms with van der Waals surface area (Å²) in [6, 6.07) is 16.3. The van der Waals surface area contributed by atoms with Crippen molar-refractivity contribution >= 4 is 23.9 Å². The van der Waals surface area contributed by atoms with Gasteiger partial charge in [0.2, 0.25) is 5.91 Å². The maximum atomic E-state index is 12.1. The van der Waals surface area contributed by atoms with Crippen LogP contribution >= 0.6 is 0 Å². The van der Waals surface area contributed by atoms with Gasteiger partial charge in [0.05, 0.1) is 18.9 Å². The molecule has 33 heavy (non-hydrogen) atoms. The van der Waals surface area contributed by atoms with Gasteiger partial charge < -0.3 is 30.3 Å². The number of carboxylic acids is 1. The fourth-order valence-corrected chi connectivity index (χ4v) is 2.68. The predicted octanol–water partition coefficient (Wildman–Crippen LogP) is 1.37. The minimum absolute atomic E-state index is 0.0231. The number of amides is 2. The molecule has 0 aliphatic rings. The van der Waals surface area contributed by atoms with E-state index in [1.54, 1.807) is 54.6 Å². The second-order valence-electron chi connectivity index (χ2n) is 7.11. The molecule has 2 rings (SSSR count). The molecule has 0 radical (unpaired) electrons. The molecular formula is C23H26N2O8. The number of ether oxygens (including phenoxy) is 2. The Morgan fingerprint density at radius 1 is 0.818 bits per heavy atom. The quantitative estimate of drug-likeness (QED) is 0.348. The molecule has 0 saturated carbocycles. The van der Waals surface area contributed by atoms with Crippen LogP contribution in [0.1, 0.15) is 24.0 Å². The Morgan fingerprint density at radius 2 is 1.36 bits per heavy atom. The first-order chi connectivity index (χ1) is 15.8. The number of esters is 1. The van der Waals surface area contributed by atoms with Crippen molar-refractivity contribution in [2.45, 2.75) is 38.2 Å². The summed E-state index contributed by atoms with van der Waals surface area (Å²) in [5, 5.41) is 23.7. The number of rotatable bonds is 12. The number of alkyl carbamates (subject to hydrolysis) is 1. The number of carbonyl (C=O) groups excluding carboxylic acids is 3. The van der Waals surface area contributed by atoms with Gasteiger partial charge in [-0.25, -0.2) is 9.59 Å². The molecule has 10 heteroatoms. The number of carbonyl (C=O) groups is 4. The van der Waals surface area contributed by atoms with E-state index in [0.717, 1.165) is 11.1 Å². The van der Waals surface area contributed by atoms with Gasteiger partial charge in [0.1, 0.15) is 19.3 Å². The third kappa shape index (κ3) is 10.3. The van der Waals surface area contributed by atoms with Crippen LogP contribution < -0.4 is 10.6 Å². The Morgan fingerprint density at radius 3 is 1.91 bits per heavy atom. The van der Waals surface area contributed by atoms with Crippen LogP contribution in [0.25, 0.3) is 0 Å². The monoisotopic (exact) mass is 458 g/mol. The molecule has 0 fully saturated rings. The molecule has 2 atom stereocenters. The average Bonchev–Trinajstić information content (AvgIpc) is 2.81. The lowest BCUT2D eigenvalue weighted by Gasteiger charge is -2.16. The molecule has 4 N–H and O–H groups in total. The molecule has 0 unspecified atom stereocenters. The van der Waals surface area contributed by atoms with Crippen LogP contribution in [-0.4, -0.2) is 52.8 Å². The summed E-state index contributed by atoms with van der Waals surface area (Å²) in [5.74, 6) is -3.02. The zero-order chi connectivity index (χ0) is 24.1. The number of hydrogen-bond acceptors (Lipinski definition) is 7. The number of nitrogens with one attached hydrogen (secondary N) is 2. The lowest BCUT2D eigenvalue weighted by Crippen LogP contribution is -2.44. The van der Waals surface area contributed by atoms with E-state index in [1.165, 1.54) is 0 Å². The van der Waals surface area contributed by atoms with Crippen molar-refractivity contribution in [2.24, 2.45) is 0 Å². The van der Waals surface area contributed by atoms with E-state index >= 15 is 0 Å². The molecule has 176 valence electrons. The van der Waals surface area contributed by atoms with Gasteiger partial charge in [0.15, 0.2) is 0 Å². The maximum Gasteiger partial charge on any atom is 0.407 e. The zero-order valence-electron chi connectivity index (χ0n) is 17.8. The summed E-state index contributed by atoms with van der Waals surface area (Å²) in [7, 11) is 0. The van der Waals surface area contributed by atoms with Gasteiger partial charge in [-0.05, 0) is 11.1 Å². The second kappa shape index (κ2) is 13.5. The third-order valence-electron chi connectivity index (χ3n) is 4.36. The third-order valence-corrected chi connectivity index (χ3v) is 4.36. The summed E-state index contributed by atoms with van der Waals surface area (Å²) < 4.78 is 10.0. The van der Waals surface area contributed by atoms with Crippen molar-refractivity contribution in [3.63, 3.8) is 0 Å². The van der Waals surface area contributed by atoms with Crippen molar-refractivity contribution in [2.75, 3.05) is 6.54 Å². The van der Waals surface area contributed by atoms with E-state index in [9.17, 15) is 29.4 Å². The van der Waals surface area contributed by atoms with Crippen molar-refractivity contribution in [3.05, 3.63) is 71.8 Å². The summed E-state index contributed by atoms with van der Waals surface area (Å²) in [4.78, 5) is 47.0. The molecular weight excluding hydrogens is 432 g/mol. The topological polar surface area (TPSA) is 151 Å². The molecule has 0 aliphatic heterocycles. The lowest BCUT2D eigenvalue weighted by atomic mass is 10.1. The fraction of sp³-hybridized carbons (Fsp3) is 0.304. The highest BCUT2D eigenvalue weighted by molar-refractivity contribution is 5.87. The van der Waals surface area contributed by atoms with Crippen LogP contribution in [0.2, 0.25) is 0 Å². The number of aliphatic hydroxyl groups excluding tert-OH is 1. The summed E-state index contributed by atoms with van der Waals surface area (Å²) >= 11 is 0. The number of aliphatic carboxylic acids is 1. The van der Waals surface area contributed by atoms with Crippen molar-refractivity contribution in [3.8, 4) is 0 Å². The second-order valence-corrected chi connectivity index (χ2v) is 7.11. The number of hydrogen-bond donors (Lipinski definition) is 4. The fourth-order valence-electron chi connectivity index (χ4n) is 2.68. The van der Waals surface area contributed by atoms with E-state index in [0.29, 0.717) is 0 Å². The average molecular weight is 458 g/mol. The highest BCUT2D eigenvalue weighted by atomic mass is 16.5. The van der Waals surface area contributed by atoms with Crippen LogP contribution in [0.3, 0.4) is 0 Å². The Kier molecular flexibility index (Phi) is 10.4. The minimum Gasteiger partial charge on any atom is -0.480 e. The minimum atomic E-state index is -1.52. The van der Waals surface area contributed by atoms with Crippen LogP contribution in [-0.2, 0) is 37.1 Å². The van der Waals surface area contributed by atoms with Crippen molar-refractivity contribution in [1.29, 1.82) is 0 Å². The molecule has 0 aromatic heterocycles. The highest BCUT2D eigenvalue weighted by Gasteiger charge is 2.25. The highest BCUT2D eigenvalue weighted by Crippen LogP contribution is 2.04. The van der Waals surface area contributed by atoms with Gasteiger partial charge >= 0.3 is 18.0 Å². The van der Waals surface area contributed by atoms with Gasteiger partial charge in [0.25, 0.3) is 0 Å². The zero-order valence-corrected chi connectivity index (χ0v) is 17.8.